The highest BCUT2D eigenvalue weighted by Crippen LogP contribution is 2.25. The lowest BCUT2D eigenvalue weighted by Gasteiger charge is -2.32. The Labute approximate surface area is 127 Å². The molecule has 0 aromatic rings. The van der Waals surface area contributed by atoms with Crippen LogP contribution in [0.25, 0.3) is 0 Å². The highest BCUT2D eigenvalue weighted by atomic mass is 17.3. The maximum absolute atomic E-state index is 11.8. The second-order valence-corrected chi connectivity index (χ2v) is 7.09. The molecule has 126 valence electrons. The highest BCUT2D eigenvalue weighted by molar-refractivity contribution is 5.70. The monoisotopic (exact) mass is 306 g/mol. The van der Waals surface area contributed by atoms with E-state index in [2.05, 4.69) is 0 Å². The zero-order valence-electron chi connectivity index (χ0n) is 14.6. The van der Waals surface area contributed by atoms with Gasteiger partial charge in [-0.1, -0.05) is 6.92 Å². The van der Waals surface area contributed by atoms with Gasteiger partial charge in [0, 0.05) is 0 Å². The van der Waals surface area contributed by atoms with Gasteiger partial charge in [0.15, 0.2) is 0 Å². The number of ether oxygens (including phenoxy) is 1. The second kappa shape index (κ2) is 8.08. The molecule has 0 bridgehead atoms. The van der Waals surface area contributed by atoms with Crippen molar-refractivity contribution in [1.82, 2.24) is 0 Å². The molecule has 0 amide bonds. The molecule has 0 atom stereocenters. The summed E-state index contributed by atoms with van der Waals surface area (Å²) in [6.45, 7) is 14.8. The van der Waals surface area contributed by atoms with Gasteiger partial charge in [-0.2, -0.15) is 9.78 Å². The first kappa shape index (κ1) is 20.3. The van der Waals surface area contributed by atoms with Crippen molar-refractivity contribution in [2.24, 2.45) is 0 Å². The van der Waals surface area contributed by atoms with Gasteiger partial charge in [0.2, 0.25) is 5.79 Å². The van der Waals surface area contributed by atoms with Crippen molar-refractivity contribution in [3.63, 3.8) is 0 Å². The predicted molar refractivity (Wildman–Crippen MR) is 78.1 cm³/mol. The zero-order valence-corrected chi connectivity index (χ0v) is 14.6. The fourth-order valence-electron chi connectivity index (χ4n) is 1.03. The minimum absolute atomic E-state index is 0.140. The van der Waals surface area contributed by atoms with Crippen LogP contribution in [0.4, 0.5) is 0 Å². The Morgan fingerprint density at radius 3 is 1.57 bits per heavy atom. The van der Waals surface area contributed by atoms with E-state index in [1.807, 2.05) is 48.5 Å². The van der Waals surface area contributed by atoms with Gasteiger partial charge in [-0.3, -0.25) is 4.79 Å². The molecule has 0 rings (SSSR count). The van der Waals surface area contributed by atoms with Crippen molar-refractivity contribution in [2.75, 3.05) is 6.61 Å². The molecule has 0 saturated carbocycles. The minimum atomic E-state index is -1.38. The third kappa shape index (κ3) is 11.6. The summed E-state index contributed by atoms with van der Waals surface area (Å²) in [6.07, 6.45) is 0.611. The highest BCUT2D eigenvalue weighted by Gasteiger charge is 2.37. The van der Waals surface area contributed by atoms with Crippen molar-refractivity contribution < 1.29 is 29.1 Å². The Bertz CT molecular complexity index is 295. The Morgan fingerprint density at radius 1 is 0.810 bits per heavy atom. The van der Waals surface area contributed by atoms with E-state index in [0.29, 0.717) is 6.61 Å². The molecule has 0 N–H and O–H groups in total. The lowest BCUT2D eigenvalue weighted by Crippen LogP contribution is -2.40. The van der Waals surface area contributed by atoms with Gasteiger partial charge in [-0.15, -0.1) is 0 Å². The SMILES string of the molecule is CCCOC(=O)CC(C)(OOC(C)(C)C)OOC(C)(C)C. The molecule has 0 saturated heterocycles. The normalized spacial score (nSPS) is 13.3. The van der Waals surface area contributed by atoms with Crippen LogP contribution in [0.1, 0.15) is 68.2 Å². The van der Waals surface area contributed by atoms with Crippen LogP contribution in [-0.4, -0.2) is 29.6 Å². The van der Waals surface area contributed by atoms with Crippen molar-refractivity contribution in [1.29, 1.82) is 0 Å². The number of esters is 1. The van der Waals surface area contributed by atoms with Crippen LogP contribution >= 0.6 is 0 Å². The number of hydrogen-bond acceptors (Lipinski definition) is 6. The summed E-state index contributed by atoms with van der Waals surface area (Å²) < 4.78 is 5.04. The smallest absolute Gasteiger partial charge is 0.311 e. The first-order valence-corrected chi connectivity index (χ1v) is 7.26. The molecular formula is C15H30O6. The molecule has 21 heavy (non-hydrogen) atoms. The van der Waals surface area contributed by atoms with Gasteiger partial charge in [-0.05, 0) is 54.9 Å². The van der Waals surface area contributed by atoms with E-state index in [9.17, 15) is 4.79 Å². The van der Waals surface area contributed by atoms with Gasteiger partial charge >= 0.3 is 5.97 Å². The summed E-state index contributed by atoms with van der Waals surface area (Å²) in [5, 5.41) is 0. The molecule has 0 spiro atoms. The third-order valence-corrected chi connectivity index (χ3v) is 1.87. The number of hydrogen-bond donors (Lipinski definition) is 0. The van der Waals surface area contributed by atoms with Gasteiger partial charge in [0.25, 0.3) is 0 Å². The fourth-order valence-corrected chi connectivity index (χ4v) is 1.03. The van der Waals surface area contributed by atoms with Crippen LogP contribution in [0.2, 0.25) is 0 Å². The van der Waals surface area contributed by atoms with Crippen LogP contribution in [0.5, 0.6) is 0 Å². The molecule has 0 aliphatic heterocycles. The lowest BCUT2D eigenvalue weighted by molar-refractivity contribution is -0.535. The van der Waals surface area contributed by atoms with Crippen LogP contribution in [0.15, 0.2) is 0 Å². The van der Waals surface area contributed by atoms with Crippen molar-refractivity contribution in [3.05, 3.63) is 0 Å². The predicted octanol–water partition coefficient (Wildman–Crippen LogP) is 3.54. The van der Waals surface area contributed by atoms with E-state index in [0.717, 1.165) is 6.42 Å². The molecular weight excluding hydrogens is 276 g/mol. The van der Waals surface area contributed by atoms with E-state index >= 15 is 0 Å². The molecule has 0 heterocycles. The molecule has 0 fully saturated rings. The molecule has 6 heteroatoms. The van der Waals surface area contributed by atoms with Crippen molar-refractivity contribution >= 4 is 5.97 Å². The standard InChI is InChI=1S/C15H30O6/c1-9-10-17-12(16)11-15(8,20-18-13(2,3)4)21-19-14(5,6)7/h9-11H2,1-8H3. The van der Waals surface area contributed by atoms with Crippen LogP contribution in [0.3, 0.4) is 0 Å². The quantitative estimate of drug-likeness (QED) is 0.296. The fraction of sp³-hybridized carbons (Fsp3) is 0.933. The molecule has 0 unspecified atom stereocenters. The summed E-state index contributed by atoms with van der Waals surface area (Å²) in [4.78, 5) is 32.9. The number of carbonyl (C=O) groups is 1. The van der Waals surface area contributed by atoms with Gasteiger partial charge in [-0.25, -0.2) is 9.78 Å². The van der Waals surface area contributed by atoms with Crippen molar-refractivity contribution in [2.45, 2.75) is 85.2 Å². The second-order valence-electron chi connectivity index (χ2n) is 7.09. The van der Waals surface area contributed by atoms with Crippen LogP contribution in [0, 0.1) is 0 Å². The maximum Gasteiger partial charge on any atom is 0.311 e. The first-order chi connectivity index (χ1) is 9.37. The molecule has 0 aliphatic carbocycles. The lowest BCUT2D eigenvalue weighted by atomic mass is 10.2. The first-order valence-electron chi connectivity index (χ1n) is 7.26. The largest absolute Gasteiger partial charge is 0.466 e. The Hall–Kier alpha value is -0.690. The van der Waals surface area contributed by atoms with E-state index < -0.39 is 23.0 Å². The maximum atomic E-state index is 11.8. The average Bonchev–Trinajstić information content (AvgIpc) is 2.30. The summed E-state index contributed by atoms with van der Waals surface area (Å²) in [5.74, 6) is -1.82. The number of carbonyl (C=O) groups excluding carboxylic acids is 1. The molecule has 0 aliphatic rings. The van der Waals surface area contributed by atoms with Crippen LogP contribution < -0.4 is 0 Å². The third-order valence-electron chi connectivity index (χ3n) is 1.87. The van der Waals surface area contributed by atoms with Crippen LogP contribution in [-0.2, 0) is 29.1 Å². The van der Waals surface area contributed by atoms with Gasteiger partial charge in [0.1, 0.15) is 6.42 Å². The van der Waals surface area contributed by atoms with E-state index in [4.69, 9.17) is 24.3 Å². The Kier molecular flexibility index (Phi) is 7.81. The number of rotatable bonds is 8. The average molecular weight is 306 g/mol. The molecule has 6 nitrogen and oxygen atoms in total. The zero-order chi connectivity index (χ0) is 16.7. The summed E-state index contributed by atoms with van der Waals surface area (Å²) in [7, 11) is 0. The topological polar surface area (TPSA) is 63.2 Å². The molecule has 0 aromatic heterocycles. The van der Waals surface area contributed by atoms with E-state index in [1.165, 1.54) is 0 Å². The summed E-state index contributed by atoms with van der Waals surface area (Å²) >= 11 is 0. The van der Waals surface area contributed by atoms with E-state index in [1.54, 1.807) is 6.92 Å². The van der Waals surface area contributed by atoms with Gasteiger partial charge < -0.3 is 4.74 Å². The Balaban J connectivity index is 4.69. The summed E-state index contributed by atoms with van der Waals surface area (Å²) in [6, 6.07) is 0. The van der Waals surface area contributed by atoms with Crippen molar-refractivity contribution in [3.8, 4) is 0 Å². The summed E-state index contributed by atoms with van der Waals surface area (Å²) in [5.41, 5.74) is -1.08. The molecule has 0 radical (unpaired) electrons. The van der Waals surface area contributed by atoms with Gasteiger partial charge in [0.05, 0.1) is 17.8 Å². The van der Waals surface area contributed by atoms with E-state index in [-0.39, 0.29) is 6.42 Å². The minimum Gasteiger partial charge on any atom is -0.466 e. The Morgan fingerprint density at radius 2 is 1.24 bits per heavy atom. The molecule has 0 aromatic carbocycles.